The largest absolute Gasteiger partial charge is 0.493 e. The monoisotopic (exact) mass is 267 g/mol. The van der Waals surface area contributed by atoms with Gasteiger partial charge in [-0.1, -0.05) is 6.07 Å². The van der Waals surface area contributed by atoms with Gasteiger partial charge in [0.2, 0.25) is 0 Å². The van der Waals surface area contributed by atoms with E-state index >= 15 is 0 Å². The van der Waals surface area contributed by atoms with Crippen LogP contribution in [-0.2, 0) is 4.74 Å². The molecule has 0 aliphatic rings. The molecule has 0 saturated carbocycles. The molecule has 1 atom stereocenters. The predicted octanol–water partition coefficient (Wildman–Crippen LogP) is 2.91. The van der Waals surface area contributed by atoms with Gasteiger partial charge in [0.1, 0.15) is 0 Å². The highest BCUT2D eigenvalue weighted by atomic mass is 16.5. The number of rotatable bonds is 7. The van der Waals surface area contributed by atoms with E-state index in [1.807, 2.05) is 18.2 Å². The summed E-state index contributed by atoms with van der Waals surface area (Å²) in [5.41, 5.74) is 7.12. The highest BCUT2D eigenvalue weighted by Crippen LogP contribution is 2.31. The zero-order chi connectivity index (χ0) is 14.5. The van der Waals surface area contributed by atoms with Crippen molar-refractivity contribution in [2.75, 3.05) is 21.3 Å². The van der Waals surface area contributed by atoms with Crippen molar-refractivity contribution in [3.63, 3.8) is 0 Å². The fraction of sp³-hybridized carbons (Fsp3) is 0.600. The molecule has 0 spiro atoms. The Balaban J connectivity index is 2.74. The Morgan fingerprint density at radius 1 is 1.11 bits per heavy atom. The van der Waals surface area contributed by atoms with Crippen molar-refractivity contribution in [2.24, 2.45) is 5.73 Å². The van der Waals surface area contributed by atoms with E-state index in [4.69, 9.17) is 19.9 Å². The van der Waals surface area contributed by atoms with Crippen molar-refractivity contribution >= 4 is 0 Å². The van der Waals surface area contributed by atoms with Gasteiger partial charge in [-0.3, -0.25) is 0 Å². The van der Waals surface area contributed by atoms with Gasteiger partial charge in [0.05, 0.1) is 19.8 Å². The number of ether oxygens (including phenoxy) is 3. The minimum absolute atomic E-state index is 0.0331. The Morgan fingerprint density at radius 3 is 2.26 bits per heavy atom. The van der Waals surface area contributed by atoms with Gasteiger partial charge in [0, 0.05) is 13.2 Å². The van der Waals surface area contributed by atoms with Crippen molar-refractivity contribution in [3.8, 4) is 11.5 Å². The molecule has 0 fully saturated rings. The van der Waals surface area contributed by atoms with Crippen molar-refractivity contribution in [1.29, 1.82) is 0 Å². The van der Waals surface area contributed by atoms with Crippen molar-refractivity contribution in [1.82, 2.24) is 0 Å². The first-order chi connectivity index (χ1) is 8.93. The van der Waals surface area contributed by atoms with Crippen LogP contribution in [0.25, 0.3) is 0 Å². The van der Waals surface area contributed by atoms with Gasteiger partial charge < -0.3 is 19.9 Å². The van der Waals surface area contributed by atoms with E-state index < -0.39 is 0 Å². The van der Waals surface area contributed by atoms with Gasteiger partial charge in [-0.2, -0.15) is 0 Å². The molecule has 0 bridgehead atoms. The van der Waals surface area contributed by atoms with Gasteiger partial charge in [0.15, 0.2) is 11.5 Å². The molecule has 0 aliphatic carbocycles. The van der Waals surface area contributed by atoms with E-state index in [1.165, 1.54) is 0 Å². The summed E-state index contributed by atoms with van der Waals surface area (Å²) in [6.07, 6.45) is 1.76. The first-order valence-electron chi connectivity index (χ1n) is 6.46. The normalized spacial score (nSPS) is 13.2. The molecule has 4 heteroatoms. The molecule has 1 aromatic rings. The van der Waals surface area contributed by atoms with Gasteiger partial charge in [-0.05, 0) is 44.4 Å². The topological polar surface area (TPSA) is 53.7 Å². The SMILES string of the molecule is COc1ccc(C(N)CCC(C)(C)OC)cc1OC. The summed E-state index contributed by atoms with van der Waals surface area (Å²) in [6.45, 7) is 4.13. The summed E-state index contributed by atoms with van der Waals surface area (Å²) >= 11 is 0. The van der Waals surface area contributed by atoms with Crippen LogP contribution in [0.5, 0.6) is 11.5 Å². The van der Waals surface area contributed by atoms with E-state index in [0.29, 0.717) is 5.75 Å². The van der Waals surface area contributed by atoms with Crippen molar-refractivity contribution < 1.29 is 14.2 Å². The predicted molar refractivity (Wildman–Crippen MR) is 76.8 cm³/mol. The lowest BCUT2D eigenvalue weighted by Gasteiger charge is -2.24. The fourth-order valence-corrected chi connectivity index (χ4v) is 1.86. The molecular weight excluding hydrogens is 242 g/mol. The average Bonchev–Trinajstić information content (AvgIpc) is 2.44. The van der Waals surface area contributed by atoms with Crippen LogP contribution in [0.4, 0.5) is 0 Å². The molecule has 0 heterocycles. The van der Waals surface area contributed by atoms with Gasteiger partial charge in [-0.25, -0.2) is 0 Å². The maximum atomic E-state index is 6.22. The second-order valence-corrected chi connectivity index (χ2v) is 5.22. The number of hydrogen-bond donors (Lipinski definition) is 1. The highest BCUT2D eigenvalue weighted by Gasteiger charge is 2.19. The van der Waals surface area contributed by atoms with E-state index in [2.05, 4.69) is 13.8 Å². The number of benzene rings is 1. The third-order valence-electron chi connectivity index (χ3n) is 3.45. The fourth-order valence-electron chi connectivity index (χ4n) is 1.86. The van der Waals surface area contributed by atoms with Gasteiger partial charge >= 0.3 is 0 Å². The lowest BCUT2D eigenvalue weighted by molar-refractivity contribution is 0.0125. The van der Waals surface area contributed by atoms with Crippen LogP contribution in [0.3, 0.4) is 0 Å². The van der Waals surface area contributed by atoms with Crippen LogP contribution in [0.2, 0.25) is 0 Å². The smallest absolute Gasteiger partial charge is 0.161 e. The second kappa shape index (κ2) is 6.78. The Hall–Kier alpha value is -1.26. The minimum Gasteiger partial charge on any atom is -0.493 e. The van der Waals surface area contributed by atoms with E-state index in [1.54, 1.807) is 21.3 Å². The molecule has 1 rings (SSSR count). The Bertz CT molecular complexity index is 404. The second-order valence-electron chi connectivity index (χ2n) is 5.22. The van der Waals surface area contributed by atoms with Crippen LogP contribution in [0.1, 0.15) is 38.3 Å². The van der Waals surface area contributed by atoms with E-state index in [9.17, 15) is 0 Å². The molecule has 0 aromatic heterocycles. The molecule has 108 valence electrons. The molecule has 1 unspecified atom stereocenters. The molecule has 4 nitrogen and oxygen atoms in total. The first-order valence-corrected chi connectivity index (χ1v) is 6.46. The lowest BCUT2D eigenvalue weighted by Crippen LogP contribution is -2.24. The molecule has 0 aliphatic heterocycles. The quantitative estimate of drug-likeness (QED) is 0.825. The van der Waals surface area contributed by atoms with Gasteiger partial charge in [0.25, 0.3) is 0 Å². The summed E-state index contributed by atoms with van der Waals surface area (Å²) in [5.74, 6) is 1.43. The summed E-state index contributed by atoms with van der Waals surface area (Å²) in [6, 6.07) is 5.76. The van der Waals surface area contributed by atoms with Crippen molar-refractivity contribution in [3.05, 3.63) is 23.8 Å². The summed E-state index contributed by atoms with van der Waals surface area (Å²) in [7, 11) is 4.97. The van der Waals surface area contributed by atoms with Crippen LogP contribution in [0.15, 0.2) is 18.2 Å². The zero-order valence-corrected chi connectivity index (χ0v) is 12.5. The number of nitrogens with two attached hydrogens (primary N) is 1. The number of methoxy groups -OCH3 is 3. The lowest BCUT2D eigenvalue weighted by atomic mass is 9.95. The Morgan fingerprint density at radius 2 is 1.74 bits per heavy atom. The molecule has 0 saturated heterocycles. The van der Waals surface area contributed by atoms with E-state index in [-0.39, 0.29) is 11.6 Å². The first kappa shape index (κ1) is 15.8. The standard InChI is InChI=1S/C15H25NO3/c1-15(2,19-5)9-8-12(16)11-6-7-13(17-3)14(10-11)18-4/h6-7,10,12H,8-9,16H2,1-5H3. The Labute approximate surface area is 115 Å². The summed E-state index contributed by atoms with van der Waals surface area (Å²) in [5, 5.41) is 0. The van der Waals surface area contributed by atoms with Crippen molar-refractivity contribution in [2.45, 2.75) is 38.3 Å². The minimum atomic E-state index is -0.145. The zero-order valence-electron chi connectivity index (χ0n) is 12.5. The van der Waals surface area contributed by atoms with E-state index in [0.717, 1.165) is 24.2 Å². The summed E-state index contributed by atoms with van der Waals surface area (Å²) < 4.78 is 15.9. The average molecular weight is 267 g/mol. The maximum Gasteiger partial charge on any atom is 0.161 e. The highest BCUT2D eigenvalue weighted by molar-refractivity contribution is 5.43. The van der Waals surface area contributed by atoms with Gasteiger partial charge in [-0.15, -0.1) is 0 Å². The molecule has 2 N–H and O–H groups in total. The molecule has 0 radical (unpaired) electrons. The van der Waals surface area contributed by atoms with Crippen LogP contribution >= 0.6 is 0 Å². The molecule has 0 amide bonds. The maximum absolute atomic E-state index is 6.22. The third kappa shape index (κ3) is 4.40. The van der Waals surface area contributed by atoms with Crippen LogP contribution in [-0.4, -0.2) is 26.9 Å². The third-order valence-corrected chi connectivity index (χ3v) is 3.45. The molecular formula is C15H25NO3. The summed E-state index contributed by atoms with van der Waals surface area (Å²) in [4.78, 5) is 0. The molecule has 1 aromatic carbocycles. The Kier molecular flexibility index (Phi) is 5.63. The number of hydrogen-bond acceptors (Lipinski definition) is 4. The van der Waals surface area contributed by atoms with Crippen LogP contribution < -0.4 is 15.2 Å². The molecule has 19 heavy (non-hydrogen) atoms. The van der Waals surface area contributed by atoms with Crippen LogP contribution in [0, 0.1) is 0 Å².